The van der Waals surface area contributed by atoms with Gasteiger partial charge in [-0.3, -0.25) is 4.79 Å². The summed E-state index contributed by atoms with van der Waals surface area (Å²) >= 11 is 0. The van der Waals surface area contributed by atoms with Crippen molar-refractivity contribution in [2.24, 2.45) is 0 Å². The normalized spacial score (nSPS) is 18.8. The van der Waals surface area contributed by atoms with Crippen molar-refractivity contribution in [2.75, 3.05) is 11.9 Å². The highest BCUT2D eigenvalue weighted by atomic mass is 16.5. The molecule has 0 saturated carbocycles. The molecule has 2 aromatic heterocycles. The van der Waals surface area contributed by atoms with Crippen LogP contribution in [0.3, 0.4) is 0 Å². The third-order valence-electron chi connectivity index (χ3n) is 5.21. The van der Waals surface area contributed by atoms with Gasteiger partial charge >= 0.3 is 0 Å². The van der Waals surface area contributed by atoms with E-state index in [1.807, 2.05) is 31.5 Å². The molecule has 0 bridgehead atoms. The van der Waals surface area contributed by atoms with Crippen LogP contribution < -0.4 is 5.32 Å². The molecule has 1 N–H and O–H groups in total. The van der Waals surface area contributed by atoms with Gasteiger partial charge in [0, 0.05) is 36.3 Å². The summed E-state index contributed by atoms with van der Waals surface area (Å²) in [6.07, 6.45) is 7.24. The van der Waals surface area contributed by atoms with E-state index >= 15 is 0 Å². The molecule has 3 heterocycles. The number of furan rings is 1. The summed E-state index contributed by atoms with van der Waals surface area (Å²) in [4.78, 5) is 16.9. The lowest BCUT2D eigenvalue weighted by molar-refractivity contribution is -0.0604. The monoisotopic (exact) mass is 379 g/mol. The van der Waals surface area contributed by atoms with Gasteiger partial charge in [-0.1, -0.05) is 0 Å². The Bertz CT molecular complexity index is 973. The van der Waals surface area contributed by atoms with Gasteiger partial charge in [0.2, 0.25) is 0 Å². The predicted molar refractivity (Wildman–Crippen MR) is 107 cm³/mol. The van der Waals surface area contributed by atoms with Gasteiger partial charge in [0.25, 0.3) is 5.91 Å². The second kappa shape index (κ2) is 7.28. The van der Waals surface area contributed by atoms with Gasteiger partial charge in [0.05, 0.1) is 11.9 Å². The average Bonchev–Trinajstić information content (AvgIpc) is 3.34. The van der Waals surface area contributed by atoms with Gasteiger partial charge in [-0.25, -0.2) is 4.98 Å². The number of aromatic nitrogens is 2. The Labute approximate surface area is 164 Å². The van der Waals surface area contributed by atoms with Gasteiger partial charge in [-0.15, -0.1) is 0 Å². The van der Waals surface area contributed by atoms with Crippen LogP contribution in [-0.2, 0) is 4.74 Å². The molecule has 6 nitrogen and oxygen atoms in total. The standard InChI is InChI=1S/C22H25N3O3/c1-15-13-17(6-7-18(15)24-21(26)19-5-4-11-27-19)25-10-9-23-20(25)16-8-12-28-22(2,3)14-16/h4-7,9-11,13,16H,8,12,14H2,1-3H3,(H,24,26)/t16-/m1/s1. The summed E-state index contributed by atoms with van der Waals surface area (Å²) in [6.45, 7) is 7.00. The number of carbonyl (C=O) groups excluding carboxylic acids is 1. The third-order valence-corrected chi connectivity index (χ3v) is 5.21. The number of aryl methyl sites for hydroxylation is 1. The molecule has 1 fully saturated rings. The van der Waals surface area contributed by atoms with Crippen molar-refractivity contribution in [2.45, 2.75) is 45.1 Å². The first-order valence-corrected chi connectivity index (χ1v) is 9.56. The Balaban J connectivity index is 1.57. The molecule has 0 unspecified atom stereocenters. The number of benzene rings is 1. The summed E-state index contributed by atoms with van der Waals surface area (Å²) < 4.78 is 13.1. The fourth-order valence-electron chi connectivity index (χ4n) is 3.82. The van der Waals surface area contributed by atoms with Crippen molar-refractivity contribution in [3.05, 3.63) is 66.1 Å². The number of nitrogens with zero attached hydrogens (tertiary/aromatic N) is 2. The van der Waals surface area contributed by atoms with E-state index in [4.69, 9.17) is 9.15 Å². The molecule has 1 atom stereocenters. The maximum Gasteiger partial charge on any atom is 0.291 e. The third kappa shape index (κ3) is 3.73. The summed E-state index contributed by atoms with van der Waals surface area (Å²) in [5.41, 5.74) is 2.64. The maximum atomic E-state index is 12.2. The second-order valence-corrected chi connectivity index (χ2v) is 7.88. The summed E-state index contributed by atoms with van der Waals surface area (Å²) in [5, 5.41) is 2.90. The molecule has 1 saturated heterocycles. The molecule has 1 amide bonds. The average molecular weight is 379 g/mol. The molecule has 1 aliphatic heterocycles. The van der Waals surface area contributed by atoms with Crippen LogP contribution in [0.1, 0.15) is 54.5 Å². The van der Waals surface area contributed by atoms with Gasteiger partial charge < -0.3 is 19.0 Å². The number of anilines is 1. The van der Waals surface area contributed by atoms with Crippen molar-refractivity contribution in [1.82, 2.24) is 9.55 Å². The minimum absolute atomic E-state index is 0.129. The first kappa shape index (κ1) is 18.5. The zero-order valence-electron chi connectivity index (χ0n) is 16.4. The number of ether oxygens (including phenoxy) is 1. The van der Waals surface area contributed by atoms with E-state index in [0.29, 0.717) is 11.7 Å². The molecule has 0 radical (unpaired) electrons. The van der Waals surface area contributed by atoms with E-state index in [2.05, 4.69) is 34.8 Å². The lowest BCUT2D eigenvalue weighted by Gasteiger charge is -2.35. The van der Waals surface area contributed by atoms with E-state index in [1.165, 1.54) is 6.26 Å². The smallest absolute Gasteiger partial charge is 0.291 e. The van der Waals surface area contributed by atoms with Crippen LogP contribution in [-0.4, -0.2) is 27.7 Å². The first-order valence-electron chi connectivity index (χ1n) is 9.56. The number of rotatable bonds is 4. The Morgan fingerprint density at radius 2 is 2.18 bits per heavy atom. The maximum absolute atomic E-state index is 12.2. The summed E-state index contributed by atoms with van der Waals surface area (Å²) in [6, 6.07) is 9.33. The molecule has 6 heteroatoms. The Hall–Kier alpha value is -2.86. The Morgan fingerprint density at radius 1 is 1.32 bits per heavy atom. The van der Waals surface area contributed by atoms with Crippen LogP contribution in [0.25, 0.3) is 5.69 Å². The molecule has 0 aliphatic carbocycles. The van der Waals surface area contributed by atoms with Crippen molar-refractivity contribution in [1.29, 1.82) is 0 Å². The van der Waals surface area contributed by atoms with Crippen LogP contribution in [0.2, 0.25) is 0 Å². The molecule has 146 valence electrons. The fraction of sp³-hybridized carbons (Fsp3) is 0.364. The molecular formula is C22H25N3O3. The lowest BCUT2D eigenvalue weighted by Crippen LogP contribution is -2.33. The summed E-state index contributed by atoms with van der Waals surface area (Å²) in [7, 11) is 0. The van der Waals surface area contributed by atoms with E-state index in [9.17, 15) is 4.79 Å². The van der Waals surface area contributed by atoms with E-state index in [-0.39, 0.29) is 11.5 Å². The van der Waals surface area contributed by atoms with Gasteiger partial charge in [0.1, 0.15) is 5.82 Å². The largest absolute Gasteiger partial charge is 0.459 e. The number of hydrogen-bond acceptors (Lipinski definition) is 4. The zero-order valence-corrected chi connectivity index (χ0v) is 16.4. The minimum atomic E-state index is -0.256. The SMILES string of the molecule is Cc1cc(-n2ccnc2[C@@H]2CCOC(C)(C)C2)ccc1NC(=O)c1ccco1. The van der Waals surface area contributed by atoms with Crippen LogP contribution >= 0.6 is 0 Å². The summed E-state index contributed by atoms with van der Waals surface area (Å²) in [5.74, 6) is 1.46. The fourth-order valence-corrected chi connectivity index (χ4v) is 3.82. The zero-order chi connectivity index (χ0) is 19.7. The highest BCUT2D eigenvalue weighted by Gasteiger charge is 2.32. The Kier molecular flexibility index (Phi) is 4.81. The van der Waals surface area contributed by atoms with Gasteiger partial charge in [-0.2, -0.15) is 0 Å². The van der Waals surface area contributed by atoms with Crippen molar-refractivity contribution in [3.8, 4) is 5.69 Å². The van der Waals surface area contributed by atoms with Crippen molar-refractivity contribution < 1.29 is 13.9 Å². The predicted octanol–water partition coefficient (Wildman–Crippen LogP) is 4.70. The number of amides is 1. The molecule has 3 aromatic rings. The number of imidazole rings is 1. The van der Waals surface area contributed by atoms with Crippen LogP contribution in [0, 0.1) is 6.92 Å². The number of carbonyl (C=O) groups is 1. The number of hydrogen-bond donors (Lipinski definition) is 1. The van der Waals surface area contributed by atoms with E-state index < -0.39 is 0 Å². The number of nitrogens with one attached hydrogen (secondary N) is 1. The second-order valence-electron chi connectivity index (χ2n) is 7.88. The van der Waals surface area contributed by atoms with Crippen molar-refractivity contribution in [3.63, 3.8) is 0 Å². The topological polar surface area (TPSA) is 69.3 Å². The van der Waals surface area contributed by atoms with E-state index in [1.54, 1.807) is 12.1 Å². The van der Waals surface area contributed by atoms with E-state index in [0.717, 1.165) is 42.2 Å². The highest BCUT2D eigenvalue weighted by molar-refractivity contribution is 6.02. The van der Waals surface area contributed by atoms with Crippen LogP contribution in [0.4, 0.5) is 5.69 Å². The molecule has 28 heavy (non-hydrogen) atoms. The molecular weight excluding hydrogens is 354 g/mol. The van der Waals surface area contributed by atoms with Crippen LogP contribution in [0.15, 0.2) is 53.4 Å². The minimum Gasteiger partial charge on any atom is -0.459 e. The van der Waals surface area contributed by atoms with Crippen molar-refractivity contribution >= 4 is 11.6 Å². The highest BCUT2D eigenvalue weighted by Crippen LogP contribution is 2.36. The lowest BCUT2D eigenvalue weighted by atomic mass is 9.87. The molecule has 1 aromatic carbocycles. The van der Waals surface area contributed by atoms with Gasteiger partial charge in [0.15, 0.2) is 5.76 Å². The molecule has 0 spiro atoms. The molecule has 1 aliphatic rings. The van der Waals surface area contributed by atoms with Crippen LogP contribution in [0.5, 0.6) is 0 Å². The van der Waals surface area contributed by atoms with Gasteiger partial charge in [-0.05, 0) is 69.5 Å². The molecule has 4 rings (SSSR count). The quantitative estimate of drug-likeness (QED) is 0.713. The Morgan fingerprint density at radius 3 is 2.89 bits per heavy atom. The first-order chi connectivity index (χ1) is 13.4.